The molecule has 43 heavy (non-hydrogen) atoms. The van der Waals surface area contributed by atoms with Gasteiger partial charge in [0, 0.05) is 32.6 Å². The van der Waals surface area contributed by atoms with Crippen molar-refractivity contribution in [3.8, 4) is 0 Å². The molecule has 1 saturated heterocycles. The number of aromatic nitrogens is 1. The van der Waals surface area contributed by atoms with Gasteiger partial charge in [-0.05, 0) is 74.4 Å². The Morgan fingerprint density at radius 3 is 2.56 bits per heavy atom. The lowest BCUT2D eigenvalue weighted by molar-refractivity contribution is -0.0192. The monoisotopic (exact) mass is 596 g/mol. The van der Waals surface area contributed by atoms with Crippen molar-refractivity contribution in [1.82, 2.24) is 9.88 Å². The van der Waals surface area contributed by atoms with E-state index in [2.05, 4.69) is 77.8 Å². The Morgan fingerprint density at radius 2 is 1.93 bits per heavy atom. The van der Waals surface area contributed by atoms with Crippen molar-refractivity contribution in [2.24, 2.45) is 21.8 Å². The van der Waals surface area contributed by atoms with E-state index in [1.54, 1.807) is 6.20 Å². The summed E-state index contributed by atoms with van der Waals surface area (Å²) in [4.78, 5) is 17.5. The van der Waals surface area contributed by atoms with Gasteiger partial charge < -0.3 is 19.9 Å². The second kappa shape index (κ2) is 15.2. The number of alkyl halides is 1. The van der Waals surface area contributed by atoms with Crippen LogP contribution in [0.4, 0.5) is 20.3 Å². The zero-order chi connectivity index (χ0) is 31.1. The molecule has 0 radical (unpaired) electrons. The molecule has 0 saturated carbocycles. The van der Waals surface area contributed by atoms with Gasteiger partial charge in [-0.25, -0.2) is 23.7 Å². The van der Waals surface area contributed by atoms with Crippen molar-refractivity contribution in [2.45, 2.75) is 92.2 Å². The first-order valence-corrected chi connectivity index (χ1v) is 15.9. The van der Waals surface area contributed by atoms with Gasteiger partial charge in [-0.1, -0.05) is 52.2 Å². The Kier molecular flexibility index (Phi) is 11.7. The van der Waals surface area contributed by atoms with Crippen molar-refractivity contribution in [1.29, 1.82) is 0 Å². The van der Waals surface area contributed by atoms with Crippen molar-refractivity contribution in [3.05, 3.63) is 52.5 Å². The summed E-state index contributed by atoms with van der Waals surface area (Å²) in [5.74, 6) is 1.51. The van der Waals surface area contributed by atoms with Crippen molar-refractivity contribution in [2.75, 3.05) is 43.4 Å². The molecule has 0 spiro atoms. The van der Waals surface area contributed by atoms with Gasteiger partial charge in [0.1, 0.15) is 23.8 Å². The number of nitrogens with one attached hydrogen (secondary N) is 1. The average Bonchev–Trinajstić information content (AvgIpc) is 2.99. The molecule has 1 fully saturated rings. The largest absolute Gasteiger partial charge is 0.368 e. The van der Waals surface area contributed by atoms with Crippen LogP contribution in [0.3, 0.4) is 0 Å². The number of anilines is 2. The molecule has 1 aromatic heterocycles. The Morgan fingerprint density at radius 1 is 1.19 bits per heavy atom. The summed E-state index contributed by atoms with van der Waals surface area (Å²) in [5.41, 5.74) is 4.81. The third-order valence-electron chi connectivity index (χ3n) is 8.97. The van der Waals surface area contributed by atoms with Gasteiger partial charge in [0.15, 0.2) is 6.23 Å². The van der Waals surface area contributed by atoms with E-state index in [1.807, 2.05) is 19.1 Å². The van der Waals surface area contributed by atoms with Crippen molar-refractivity contribution in [3.63, 3.8) is 0 Å². The Bertz CT molecular complexity index is 1240. The zero-order valence-corrected chi connectivity index (χ0v) is 27.0. The Balaban J connectivity index is 1.47. The highest BCUT2D eigenvalue weighted by atomic mass is 19.1. The lowest BCUT2D eigenvalue weighted by atomic mass is 9.83. The Labute approximate surface area is 256 Å². The standard InChI is InChI=1S/C34H50F2N6O/c1-8-10-27-28(18-23(5)17-25(9-2)22(3)4)24(6)29(35)19-30(27)43-34-32(36)33(38-21-39-34)40-31-12-11-26(20-37-31)42-15-13-41(7)14-16-42/h11-12,18,20-22,25,30,32,34H,8-10,13-17,19H2,1-7H3,(H,37,38,39,40)/b23-18-. The molecule has 236 valence electrons. The lowest BCUT2D eigenvalue weighted by Crippen LogP contribution is -2.44. The first kappa shape index (κ1) is 33.0. The number of hydrogen-bond donors (Lipinski definition) is 1. The van der Waals surface area contributed by atoms with Crippen LogP contribution >= 0.6 is 0 Å². The topological polar surface area (TPSA) is 65.4 Å². The van der Waals surface area contributed by atoms with Gasteiger partial charge >= 0.3 is 0 Å². The fourth-order valence-corrected chi connectivity index (χ4v) is 6.13. The van der Waals surface area contributed by atoms with Gasteiger partial charge in [0.25, 0.3) is 0 Å². The predicted molar refractivity (Wildman–Crippen MR) is 174 cm³/mol. The van der Waals surface area contributed by atoms with Crippen LogP contribution in [0.5, 0.6) is 0 Å². The number of rotatable bonds is 11. The van der Waals surface area contributed by atoms with E-state index in [-0.39, 0.29) is 18.1 Å². The van der Waals surface area contributed by atoms with E-state index in [0.29, 0.717) is 23.2 Å². The second-order valence-electron chi connectivity index (χ2n) is 12.5. The van der Waals surface area contributed by atoms with Crippen LogP contribution in [0.2, 0.25) is 0 Å². The number of likely N-dealkylation sites (N-methyl/N-ethyl adjacent to an activating group) is 1. The number of nitrogens with zero attached hydrogens (tertiary/aromatic N) is 5. The quantitative estimate of drug-likeness (QED) is 0.287. The van der Waals surface area contributed by atoms with E-state index in [0.717, 1.165) is 68.7 Å². The van der Waals surface area contributed by atoms with E-state index < -0.39 is 18.5 Å². The molecule has 1 N–H and O–H groups in total. The van der Waals surface area contributed by atoms with Crippen LogP contribution in [0.25, 0.3) is 0 Å². The van der Waals surface area contributed by atoms with E-state index in [9.17, 15) is 0 Å². The molecule has 9 heteroatoms. The minimum atomic E-state index is -1.64. The number of ether oxygens (including phenoxy) is 1. The van der Waals surface area contributed by atoms with Crippen LogP contribution in [0.1, 0.15) is 73.6 Å². The van der Waals surface area contributed by atoms with Gasteiger partial charge in [0.05, 0.1) is 18.0 Å². The van der Waals surface area contributed by atoms with E-state index in [4.69, 9.17) is 4.74 Å². The molecule has 3 heterocycles. The maximum atomic E-state index is 15.8. The SMILES string of the molecule is CCCC1=C(/C=C(/C)CC(CC)C(C)C)C(C)=C(F)CC1OC1N=CN=C(Nc2ccc(N3CCN(C)CC3)cn2)C1F. The number of halogens is 2. The van der Waals surface area contributed by atoms with Gasteiger partial charge in [-0.3, -0.25) is 0 Å². The predicted octanol–water partition coefficient (Wildman–Crippen LogP) is 7.50. The number of pyridine rings is 1. The lowest BCUT2D eigenvalue weighted by Gasteiger charge is -2.34. The summed E-state index contributed by atoms with van der Waals surface area (Å²) in [5, 5.41) is 3.02. The number of amidine groups is 1. The zero-order valence-electron chi connectivity index (χ0n) is 27.0. The summed E-state index contributed by atoms with van der Waals surface area (Å²) >= 11 is 0. The summed E-state index contributed by atoms with van der Waals surface area (Å²) in [6, 6.07) is 3.82. The third-order valence-corrected chi connectivity index (χ3v) is 8.97. The normalized spacial score (nSPS) is 24.6. The molecule has 0 amide bonds. The van der Waals surface area contributed by atoms with Crippen LogP contribution in [0, 0.1) is 11.8 Å². The van der Waals surface area contributed by atoms with E-state index >= 15 is 8.78 Å². The summed E-state index contributed by atoms with van der Waals surface area (Å²) < 4.78 is 37.4. The molecular formula is C34H50F2N6O. The Hall–Kier alpha value is -2.91. The van der Waals surface area contributed by atoms with Crippen LogP contribution in [-0.4, -0.2) is 73.8 Å². The summed E-state index contributed by atoms with van der Waals surface area (Å²) in [6.07, 6.45) is 5.63. The van der Waals surface area contributed by atoms with Crippen molar-refractivity contribution < 1.29 is 13.5 Å². The van der Waals surface area contributed by atoms with Crippen LogP contribution in [0.15, 0.2) is 62.5 Å². The first-order valence-electron chi connectivity index (χ1n) is 15.9. The first-order chi connectivity index (χ1) is 20.6. The number of hydrogen-bond acceptors (Lipinski definition) is 7. The fraction of sp³-hybridized carbons (Fsp3) is 0.618. The third kappa shape index (κ3) is 8.38. The molecule has 3 aliphatic rings. The highest BCUT2D eigenvalue weighted by Gasteiger charge is 2.35. The fourth-order valence-electron chi connectivity index (χ4n) is 6.13. The molecule has 0 bridgehead atoms. The summed E-state index contributed by atoms with van der Waals surface area (Å²) in [6.45, 7) is 16.7. The summed E-state index contributed by atoms with van der Waals surface area (Å²) in [7, 11) is 2.12. The van der Waals surface area contributed by atoms with Crippen LogP contribution in [-0.2, 0) is 4.74 Å². The molecule has 7 nitrogen and oxygen atoms in total. The molecule has 4 atom stereocenters. The molecule has 1 aliphatic carbocycles. The van der Waals surface area contributed by atoms with Crippen LogP contribution < -0.4 is 10.2 Å². The number of aliphatic imine (C=N–C) groups is 2. The van der Waals surface area contributed by atoms with Gasteiger partial charge in [-0.15, -0.1) is 0 Å². The average molecular weight is 597 g/mol. The van der Waals surface area contributed by atoms with Gasteiger partial charge in [0.2, 0.25) is 6.17 Å². The molecule has 4 rings (SSSR count). The minimum Gasteiger partial charge on any atom is -0.368 e. The maximum Gasteiger partial charge on any atom is 0.204 e. The minimum absolute atomic E-state index is 0.0785. The molecule has 1 aromatic rings. The number of allylic oxidation sites excluding steroid dienone is 4. The number of piperazine rings is 1. The van der Waals surface area contributed by atoms with Gasteiger partial charge in [-0.2, -0.15) is 0 Å². The highest BCUT2D eigenvalue weighted by molar-refractivity contribution is 6.03. The highest BCUT2D eigenvalue weighted by Crippen LogP contribution is 2.38. The second-order valence-corrected chi connectivity index (χ2v) is 12.5. The maximum absolute atomic E-state index is 15.8. The molecule has 4 unspecified atom stereocenters. The van der Waals surface area contributed by atoms with E-state index in [1.165, 1.54) is 11.9 Å². The molecular weight excluding hydrogens is 546 g/mol. The van der Waals surface area contributed by atoms with Crippen molar-refractivity contribution >= 4 is 23.7 Å². The smallest absolute Gasteiger partial charge is 0.204 e. The molecule has 0 aromatic carbocycles. The molecule has 2 aliphatic heterocycles.